The molecule has 0 aliphatic carbocycles. The Morgan fingerprint density at radius 1 is 0.923 bits per heavy atom. The lowest BCUT2D eigenvalue weighted by atomic mass is 9.94. The molecule has 200 valence electrons. The third kappa shape index (κ3) is 4.92. The molecule has 39 heavy (non-hydrogen) atoms. The van der Waals surface area contributed by atoms with Crippen LogP contribution in [0.4, 0.5) is 5.69 Å². The quantitative estimate of drug-likeness (QED) is 0.255. The van der Waals surface area contributed by atoms with Crippen molar-refractivity contribution in [3.05, 3.63) is 82.9 Å². The van der Waals surface area contributed by atoms with Crippen LogP contribution in [0.25, 0.3) is 22.0 Å². The molecule has 1 aromatic heterocycles. The Morgan fingerprint density at radius 2 is 1.64 bits per heavy atom. The number of carbonyl (C=O) groups is 2. The fourth-order valence-corrected chi connectivity index (χ4v) is 5.35. The number of aryl methyl sites for hydroxylation is 2. The van der Waals surface area contributed by atoms with Gasteiger partial charge in [0.25, 0.3) is 11.8 Å². The van der Waals surface area contributed by atoms with Gasteiger partial charge in [-0.2, -0.15) is 0 Å². The highest BCUT2D eigenvalue weighted by Crippen LogP contribution is 2.43. The van der Waals surface area contributed by atoms with E-state index in [9.17, 15) is 9.59 Å². The molecule has 0 bridgehead atoms. The van der Waals surface area contributed by atoms with Gasteiger partial charge in [-0.1, -0.05) is 42.0 Å². The number of ether oxygens (including phenoxy) is 2. The Labute approximate surface area is 228 Å². The number of imide groups is 1. The summed E-state index contributed by atoms with van der Waals surface area (Å²) in [6, 6.07) is 19.3. The third-order valence-corrected chi connectivity index (χ3v) is 7.25. The molecule has 2 amide bonds. The SMILES string of the molecule is COc1cc(C)c2c(-c3cccc(C)c3)c(OC)cc(NC(C)CCCN3C(=O)c4ccccc4C3=O)c2n1. The van der Waals surface area contributed by atoms with E-state index in [1.54, 1.807) is 38.5 Å². The number of methoxy groups -OCH3 is 2. The summed E-state index contributed by atoms with van der Waals surface area (Å²) in [5.74, 6) is 0.862. The lowest BCUT2D eigenvalue weighted by molar-refractivity contribution is 0.0651. The van der Waals surface area contributed by atoms with Gasteiger partial charge in [-0.25, -0.2) is 4.98 Å². The minimum absolute atomic E-state index is 0.0474. The maximum Gasteiger partial charge on any atom is 0.261 e. The Bertz CT molecular complexity index is 1540. The molecule has 1 aliphatic rings. The maximum absolute atomic E-state index is 12.7. The standard InChI is InChI=1S/C32H33N3O4/c1-19-10-8-12-22(16-19)29-26(38-4)18-25(30-28(29)20(2)17-27(34-30)39-5)33-21(3)11-9-15-35-31(36)23-13-6-7-14-24(23)32(35)37/h6-8,10,12-14,16-18,21,33H,9,11,15H2,1-5H3. The smallest absolute Gasteiger partial charge is 0.261 e. The van der Waals surface area contributed by atoms with Crippen LogP contribution in [-0.4, -0.2) is 48.5 Å². The lowest BCUT2D eigenvalue weighted by Gasteiger charge is -2.22. The van der Waals surface area contributed by atoms with Crippen LogP contribution in [0.2, 0.25) is 0 Å². The number of pyridine rings is 1. The van der Waals surface area contributed by atoms with E-state index in [-0.39, 0.29) is 17.9 Å². The topological polar surface area (TPSA) is 80.8 Å². The van der Waals surface area contributed by atoms with Crippen LogP contribution in [0.3, 0.4) is 0 Å². The van der Waals surface area contributed by atoms with Crippen LogP contribution in [0.5, 0.6) is 11.6 Å². The molecule has 1 N–H and O–H groups in total. The van der Waals surface area contributed by atoms with Crippen molar-refractivity contribution in [3.63, 3.8) is 0 Å². The minimum Gasteiger partial charge on any atom is -0.496 e. The second-order valence-electron chi connectivity index (χ2n) is 10.1. The van der Waals surface area contributed by atoms with Crippen molar-refractivity contribution in [1.29, 1.82) is 0 Å². The molecule has 0 radical (unpaired) electrons. The van der Waals surface area contributed by atoms with Crippen LogP contribution in [0.1, 0.15) is 51.6 Å². The van der Waals surface area contributed by atoms with Crippen LogP contribution in [-0.2, 0) is 0 Å². The van der Waals surface area contributed by atoms with Gasteiger partial charge in [-0.15, -0.1) is 0 Å². The number of hydrogen-bond acceptors (Lipinski definition) is 6. The number of fused-ring (bicyclic) bond motifs is 2. The van der Waals surface area contributed by atoms with Crippen LogP contribution < -0.4 is 14.8 Å². The van der Waals surface area contributed by atoms with Crippen molar-refractivity contribution in [3.8, 4) is 22.8 Å². The summed E-state index contributed by atoms with van der Waals surface area (Å²) in [4.78, 5) is 31.6. The molecule has 7 heteroatoms. The molecule has 2 heterocycles. The number of nitrogens with zero attached hydrogens (tertiary/aromatic N) is 2. The van der Waals surface area contributed by atoms with Crippen molar-refractivity contribution in [2.24, 2.45) is 0 Å². The lowest BCUT2D eigenvalue weighted by Crippen LogP contribution is -2.31. The summed E-state index contributed by atoms with van der Waals surface area (Å²) in [5.41, 5.74) is 6.86. The van der Waals surface area contributed by atoms with Gasteiger partial charge in [0, 0.05) is 35.7 Å². The van der Waals surface area contributed by atoms with Crippen molar-refractivity contribution in [1.82, 2.24) is 9.88 Å². The molecule has 0 spiro atoms. The molecule has 4 aromatic rings. The van der Waals surface area contributed by atoms with E-state index in [4.69, 9.17) is 14.5 Å². The van der Waals surface area contributed by atoms with Crippen molar-refractivity contribution < 1.29 is 19.1 Å². The van der Waals surface area contributed by atoms with Gasteiger partial charge in [0.15, 0.2) is 0 Å². The zero-order valence-corrected chi connectivity index (χ0v) is 23.0. The Balaban J connectivity index is 1.41. The van der Waals surface area contributed by atoms with Crippen molar-refractivity contribution in [2.45, 2.75) is 39.7 Å². The van der Waals surface area contributed by atoms with Crippen LogP contribution in [0.15, 0.2) is 60.7 Å². The van der Waals surface area contributed by atoms with Gasteiger partial charge in [-0.05, 0) is 56.9 Å². The highest BCUT2D eigenvalue weighted by Gasteiger charge is 2.34. The predicted octanol–water partition coefficient (Wildman–Crippen LogP) is 6.41. The van der Waals surface area contributed by atoms with Crippen molar-refractivity contribution in [2.75, 3.05) is 26.1 Å². The number of rotatable bonds is 9. The van der Waals surface area contributed by atoms with Gasteiger partial charge < -0.3 is 14.8 Å². The number of hydrogen-bond donors (Lipinski definition) is 1. The number of nitrogens with one attached hydrogen (secondary N) is 1. The number of anilines is 1. The molecule has 0 fully saturated rings. The molecule has 5 rings (SSSR count). The second kappa shape index (κ2) is 10.8. The van der Waals surface area contributed by atoms with Gasteiger partial charge in [0.2, 0.25) is 5.88 Å². The molecule has 0 saturated carbocycles. The number of aromatic nitrogens is 1. The molecular weight excluding hydrogens is 490 g/mol. The second-order valence-corrected chi connectivity index (χ2v) is 10.1. The maximum atomic E-state index is 12.7. The van der Waals surface area contributed by atoms with Gasteiger partial charge in [0.1, 0.15) is 5.75 Å². The van der Waals surface area contributed by atoms with Crippen LogP contribution in [0, 0.1) is 13.8 Å². The van der Waals surface area contributed by atoms with Gasteiger partial charge in [0.05, 0.1) is 36.6 Å². The van der Waals surface area contributed by atoms with E-state index in [0.29, 0.717) is 30.0 Å². The van der Waals surface area contributed by atoms with E-state index in [2.05, 4.69) is 44.3 Å². The Kier molecular flexibility index (Phi) is 7.24. The van der Waals surface area contributed by atoms with E-state index < -0.39 is 0 Å². The number of carbonyl (C=O) groups excluding carboxylic acids is 2. The van der Waals surface area contributed by atoms with E-state index >= 15 is 0 Å². The highest BCUT2D eigenvalue weighted by atomic mass is 16.5. The number of benzene rings is 3. The van der Waals surface area contributed by atoms with Gasteiger partial charge in [-0.3, -0.25) is 14.5 Å². The molecule has 1 atom stereocenters. The summed E-state index contributed by atoms with van der Waals surface area (Å²) in [7, 11) is 3.30. The molecule has 0 saturated heterocycles. The average molecular weight is 524 g/mol. The zero-order valence-electron chi connectivity index (χ0n) is 23.0. The fraction of sp³-hybridized carbons (Fsp3) is 0.281. The molecule has 1 unspecified atom stereocenters. The Hall–Kier alpha value is -4.39. The number of amides is 2. The fourth-order valence-electron chi connectivity index (χ4n) is 5.35. The normalized spacial score (nSPS) is 13.5. The monoisotopic (exact) mass is 523 g/mol. The predicted molar refractivity (Wildman–Crippen MR) is 154 cm³/mol. The first-order valence-corrected chi connectivity index (χ1v) is 13.2. The largest absolute Gasteiger partial charge is 0.496 e. The van der Waals surface area contributed by atoms with Gasteiger partial charge >= 0.3 is 0 Å². The molecular formula is C32H33N3O4. The van der Waals surface area contributed by atoms with Crippen LogP contribution >= 0.6 is 0 Å². The highest BCUT2D eigenvalue weighted by molar-refractivity contribution is 6.21. The zero-order chi connectivity index (χ0) is 27.7. The van der Waals surface area contributed by atoms with E-state index in [1.165, 1.54) is 4.90 Å². The molecule has 3 aromatic carbocycles. The summed E-state index contributed by atoms with van der Waals surface area (Å²) < 4.78 is 11.4. The first-order valence-electron chi connectivity index (χ1n) is 13.2. The van der Waals surface area contributed by atoms with E-state index in [1.807, 2.05) is 18.2 Å². The first kappa shape index (κ1) is 26.2. The summed E-state index contributed by atoms with van der Waals surface area (Å²) in [6.07, 6.45) is 1.42. The average Bonchev–Trinajstić information content (AvgIpc) is 3.17. The van der Waals surface area contributed by atoms with Crippen molar-refractivity contribution >= 4 is 28.4 Å². The van der Waals surface area contributed by atoms with E-state index in [0.717, 1.165) is 51.0 Å². The molecule has 7 nitrogen and oxygen atoms in total. The summed E-state index contributed by atoms with van der Waals surface area (Å²) in [5, 5.41) is 4.61. The first-order chi connectivity index (χ1) is 18.8. The Morgan fingerprint density at radius 3 is 2.28 bits per heavy atom. The summed E-state index contributed by atoms with van der Waals surface area (Å²) >= 11 is 0. The molecule has 1 aliphatic heterocycles. The third-order valence-electron chi connectivity index (χ3n) is 7.25. The minimum atomic E-state index is -0.217. The summed E-state index contributed by atoms with van der Waals surface area (Å²) in [6.45, 7) is 6.59.